The Morgan fingerprint density at radius 2 is 1.04 bits per heavy atom. The van der Waals surface area contributed by atoms with Crippen molar-refractivity contribution in [3.8, 4) is 0 Å². The Balaban J connectivity index is 1.09. The topological polar surface area (TPSA) is 152 Å². The summed E-state index contributed by atoms with van der Waals surface area (Å²) in [5.41, 5.74) is 5.11. The molecule has 0 saturated carbocycles. The lowest BCUT2D eigenvalue weighted by Gasteiger charge is -2.38. The molecule has 4 saturated heterocycles. The predicted octanol–water partition coefficient (Wildman–Crippen LogP) is 8.07. The normalized spacial score (nSPS) is 22.6. The molecule has 0 spiro atoms. The third kappa shape index (κ3) is 12.5. The van der Waals surface area contributed by atoms with Gasteiger partial charge in [-0.3, -0.25) is 28.8 Å². The van der Waals surface area contributed by atoms with Crippen LogP contribution in [0.4, 0.5) is 15.8 Å². The van der Waals surface area contributed by atoms with E-state index in [0.29, 0.717) is 44.5 Å². The average Bonchev–Trinajstić information content (AvgIpc) is 4.18. The minimum atomic E-state index is -1.27. The number of carbonyl (C=O) groups is 6. The summed E-state index contributed by atoms with van der Waals surface area (Å²) in [6.07, 6.45) is 2.98. The number of Topliss-reactive ketones (excluding diaryl/α,β-unsaturated/α-hetero) is 2. The second-order valence-electron chi connectivity index (χ2n) is 21.1. The van der Waals surface area contributed by atoms with Gasteiger partial charge in [-0.2, -0.15) is 0 Å². The number of benzene rings is 3. The zero-order chi connectivity index (χ0) is 51.9. The molecule has 0 bridgehead atoms. The van der Waals surface area contributed by atoms with Gasteiger partial charge in [0.2, 0.25) is 11.8 Å². The number of nitrogens with zero attached hydrogens (tertiary/aromatic N) is 4. The first-order valence-electron chi connectivity index (χ1n) is 25.8. The summed E-state index contributed by atoms with van der Waals surface area (Å²) < 4.78 is 37.1. The minimum Gasteiger partial charge on any atom is -0.469 e. The van der Waals surface area contributed by atoms with Crippen molar-refractivity contribution < 1.29 is 52.1 Å². The molecule has 16 heteroatoms. The lowest BCUT2D eigenvalue weighted by Crippen LogP contribution is -2.47. The first kappa shape index (κ1) is 54.3. The van der Waals surface area contributed by atoms with E-state index in [1.807, 2.05) is 36.4 Å². The smallest absolute Gasteiger partial charge is 0.306 e. The highest BCUT2D eigenvalue weighted by atomic mass is 28.3. The summed E-state index contributed by atoms with van der Waals surface area (Å²) in [4.78, 5) is 87.7. The number of halogens is 1. The molecule has 3 aromatic rings. The van der Waals surface area contributed by atoms with Crippen molar-refractivity contribution in [1.29, 1.82) is 0 Å². The Bertz CT molecular complexity index is 2280. The standard InChI is InChI=1S/C56H75FN4O10Si/c1-36(68-3)43(34-53(64)70-5)55(66)59-25-9-11-49(59)51(62)31-38-13-17-40(18-14-38)46-23-24-47(61(46)42-21-22-48(45(57)33-42)58-27-29-72(7,8)30-28-58)41-19-15-39(16-20-41)32-52(63)50-12-10-26-60(50)56(67)44(37(2)69-4)35-54(65)71-6/h13-22,33,36-37,43-44,46-47,49-50H,9-12,23-32,34-35H2,1-8H3/t36-,37-,43+,44+,46+,47+,49+,50+/m1/s1. The van der Waals surface area contributed by atoms with Crippen molar-refractivity contribution in [3.63, 3.8) is 0 Å². The second kappa shape index (κ2) is 24.1. The maximum atomic E-state index is 16.4. The zero-order valence-electron chi connectivity index (χ0n) is 43.5. The SMILES string of the molecule is COC(=O)C[C@H](C(=O)N1CCC[C@H]1C(=O)Cc1ccc([C@@H]2CC[C@@H](c3ccc(CC(=O)[C@@H]4CCCN4C(=O)[C@@H](CC(=O)OC)[C@@H](C)OC)cc3)N2c2ccc(N3CC[Si](C)(C)CC3)c(F)c2)cc1)[C@@H](C)OC. The van der Waals surface area contributed by atoms with Gasteiger partial charge in [-0.25, -0.2) is 4.39 Å². The van der Waals surface area contributed by atoms with Gasteiger partial charge in [-0.15, -0.1) is 0 Å². The summed E-state index contributed by atoms with van der Waals surface area (Å²) in [5, 5.41) is 0. The molecule has 7 rings (SSSR count). The molecule has 0 unspecified atom stereocenters. The van der Waals surface area contributed by atoms with Crippen molar-refractivity contribution in [2.45, 2.75) is 140 Å². The van der Waals surface area contributed by atoms with Crippen LogP contribution in [0.25, 0.3) is 0 Å². The molecule has 2 amide bonds. The third-order valence-electron chi connectivity index (χ3n) is 16.1. The van der Waals surface area contributed by atoms with E-state index in [1.165, 1.54) is 28.4 Å². The van der Waals surface area contributed by atoms with Crippen molar-refractivity contribution in [1.82, 2.24) is 9.80 Å². The molecule has 3 aromatic carbocycles. The van der Waals surface area contributed by atoms with E-state index in [1.54, 1.807) is 29.7 Å². The van der Waals surface area contributed by atoms with Crippen LogP contribution in [0, 0.1) is 17.7 Å². The number of ether oxygens (including phenoxy) is 4. The largest absolute Gasteiger partial charge is 0.469 e. The van der Waals surface area contributed by atoms with E-state index in [9.17, 15) is 28.8 Å². The maximum Gasteiger partial charge on any atom is 0.306 e. The number of hydrogen-bond donors (Lipinski definition) is 0. The van der Waals surface area contributed by atoms with Crippen molar-refractivity contribution >= 4 is 54.8 Å². The lowest BCUT2D eigenvalue weighted by molar-refractivity contribution is -0.151. The van der Waals surface area contributed by atoms with Crippen LogP contribution in [0.5, 0.6) is 0 Å². The van der Waals surface area contributed by atoms with E-state index in [2.05, 4.69) is 47.2 Å². The van der Waals surface area contributed by atoms with Gasteiger partial charge in [0.15, 0.2) is 11.6 Å². The van der Waals surface area contributed by atoms with Gasteiger partial charge in [-0.1, -0.05) is 61.6 Å². The van der Waals surface area contributed by atoms with E-state index in [4.69, 9.17) is 18.9 Å². The van der Waals surface area contributed by atoms with Gasteiger partial charge in [-0.05, 0) is 105 Å². The van der Waals surface area contributed by atoms with Gasteiger partial charge in [0.25, 0.3) is 0 Å². The Labute approximate surface area is 425 Å². The molecule has 0 N–H and O–H groups in total. The highest BCUT2D eigenvalue weighted by molar-refractivity contribution is 6.77. The Morgan fingerprint density at radius 1 is 0.611 bits per heavy atom. The molecule has 0 aromatic heterocycles. The molecule has 4 aliphatic rings. The maximum absolute atomic E-state index is 16.4. The molecule has 390 valence electrons. The first-order chi connectivity index (χ1) is 34.5. The molecule has 14 nitrogen and oxygen atoms in total. The van der Waals surface area contributed by atoms with Crippen LogP contribution in [-0.2, 0) is 60.6 Å². The number of ketones is 2. The Kier molecular flexibility index (Phi) is 18.2. The molecule has 0 aliphatic carbocycles. The van der Waals surface area contributed by atoms with Crippen molar-refractivity contribution in [2.24, 2.45) is 11.8 Å². The first-order valence-corrected chi connectivity index (χ1v) is 29.2. The summed E-state index contributed by atoms with van der Waals surface area (Å²) >= 11 is 0. The Hall–Kier alpha value is -5.45. The summed E-state index contributed by atoms with van der Waals surface area (Å²) in [6.45, 7) is 10.8. The number of methoxy groups -OCH3 is 4. The van der Waals surface area contributed by atoms with Gasteiger partial charge >= 0.3 is 11.9 Å². The fourth-order valence-electron chi connectivity index (χ4n) is 11.4. The number of hydrogen-bond acceptors (Lipinski definition) is 12. The van der Waals surface area contributed by atoms with Crippen molar-refractivity contribution in [2.75, 3.05) is 64.4 Å². The number of amides is 2. The van der Waals surface area contributed by atoms with E-state index in [0.717, 1.165) is 66.0 Å². The second-order valence-corrected chi connectivity index (χ2v) is 26.4. The van der Waals surface area contributed by atoms with Gasteiger partial charge in [0.05, 0.1) is 89.0 Å². The van der Waals surface area contributed by atoms with Gasteiger partial charge in [0.1, 0.15) is 5.82 Å². The van der Waals surface area contributed by atoms with Crippen LogP contribution in [-0.4, -0.2) is 132 Å². The highest BCUT2D eigenvalue weighted by Crippen LogP contribution is 2.48. The van der Waals surface area contributed by atoms with Crippen LogP contribution < -0.4 is 9.80 Å². The number of esters is 2. The molecule has 4 fully saturated rings. The number of anilines is 2. The van der Waals surface area contributed by atoms with Crippen LogP contribution >= 0.6 is 0 Å². The molecule has 4 heterocycles. The number of rotatable bonds is 20. The average molecular weight is 1010 g/mol. The summed E-state index contributed by atoms with van der Waals surface area (Å²) in [5.74, 6) is -3.49. The minimum absolute atomic E-state index is 0.0617. The molecular formula is C56H75FN4O10Si. The lowest BCUT2D eigenvalue weighted by atomic mass is 9.95. The highest BCUT2D eigenvalue weighted by Gasteiger charge is 2.42. The molecule has 8 atom stereocenters. The molecule has 0 radical (unpaired) electrons. The van der Waals surface area contributed by atoms with E-state index in [-0.39, 0.29) is 67.0 Å². The fraction of sp³-hybridized carbons (Fsp3) is 0.571. The van der Waals surface area contributed by atoms with Gasteiger partial charge < -0.3 is 38.5 Å². The van der Waals surface area contributed by atoms with Crippen molar-refractivity contribution in [3.05, 3.63) is 94.8 Å². The van der Waals surface area contributed by atoms with Crippen LogP contribution in [0.1, 0.15) is 99.6 Å². The number of likely N-dealkylation sites (tertiary alicyclic amines) is 2. The fourth-order valence-corrected chi connectivity index (χ4v) is 13.4. The third-order valence-corrected chi connectivity index (χ3v) is 19.3. The predicted molar refractivity (Wildman–Crippen MR) is 276 cm³/mol. The molecule has 72 heavy (non-hydrogen) atoms. The monoisotopic (exact) mass is 1010 g/mol. The van der Waals surface area contributed by atoms with E-state index < -0.39 is 56.1 Å². The van der Waals surface area contributed by atoms with Crippen LogP contribution in [0.3, 0.4) is 0 Å². The van der Waals surface area contributed by atoms with Crippen LogP contribution in [0.15, 0.2) is 66.7 Å². The number of carbonyl (C=O) groups excluding carboxylic acids is 6. The van der Waals surface area contributed by atoms with E-state index >= 15 is 4.39 Å². The zero-order valence-corrected chi connectivity index (χ0v) is 44.5. The van der Waals surface area contributed by atoms with Gasteiger partial charge in [0, 0.05) is 58.9 Å². The molecule has 4 aliphatic heterocycles. The summed E-state index contributed by atoms with van der Waals surface area (Å²) in [7, 11) is 4.29. The Morgan fingerprint density at radius 3 is 1.43 bits per heavy atom. The quantitative estimate of drug-likeness (QED) is 0.0795. The summed E-state index contributed by atoms with van der Waals surface area (Å²) in [6, 6.07) is 22.6. The van der Waals surface area contributed by atoms with Crippen LogP contribution in [0.2, 0.25) is 25.2 Å². The molecular weight excluding hydrogens is 936 g/mol.